The Balaban J connectivity index is 1.52. The Kier molecular flexibility index (Phi) is 5.35. The molecule has 0 aromatic rings. The molecular weight excluding hydrogens is 348 g/mol. The minimum absolute atomic E-state index is 0.152. The van der Waals surface area contributed by atoms with E-state index in [9.17, 15) is 9.59 Å². The van der Waals surface area contributed by atoms with Crippen LogP contribution in [0.15, 0.2) is 11.6 Å². The molecule has 2 unspecified atom stereocenters. The summed E-state index contributed by atoms with van der Waals surface area (Å²) in [6, 6.07) is 0. The fourth-order valence-electron chi connectivity index (χ4n) is 7.53. The largest absolute Gasteiger partial charge is 0.371 e. The molecule has 0 aromatic heterocycles. The van der Waals surface area contributed by atoms with Crippen LogP contribution in [-0.4, -0.2) is 24.3 Å². The summed E-state index contributed by atoms with van der Waals surface area (Å²) in [4.78, 5) is 25.0. The van der Waals surface area contributed by atoms with Crippen LogP contribution in [0, 0.1) is 34.5 Å². The SMILES string of the molecule is CCC(C)OCC(=O)[C@H]1CC[C@H]2[C@@H]3CCC4=CC(=O)CC[C@]4(C)C3CC[C@]12C. The van der Waals surface area contributed by atoms with Gasteiger partial charge in [0.25, 0.3) is 0 Å². The molecule has 0 spiro atoms. The zero-order chi connectivity index (χ0) is 20.1. The van der Waals surface area contributed by atoms with Gasteiger partial charge in [-0.1, -0.05) is 26.3 Å². The van der Waals surface area contributed by atoms with E-state index >= 15 is 0 Å². The van der Waals surface area contributed by atoms with E-state index in [1.807, 2.05) is 6.08 Å². The maximum Gasteiger partial charge on any atom is 0.162 e. The average molecular weight is 387 g/mol. The molecule has 0 N–H and O–H groups in total. The number of carbonyl (C=O) groups excluding carboxylic acids is 2. The van der Waals surface area contributed by atoms with Crippen molar-refractivity contribution in [2.45, 2.75) is 91.6 Å². The van der Waals surface area contributed by atoms with Crippen LogP contribution in [0.4, 0.5) is 0 Å². The van der Waals surface area contributed by atoms with Crippen LogP contribution in [0.5, 0.6) is 0 Å². The zero-order valence-electron chi connectivity index (χ0n) is 18.3. The van der Waals surface area contributed by atoms with Crippen molar-refractivity contribution in [3.8, 4) is 0 Å². The molecule has 0 heterocycles. The molecule has 3 nitrogen and oxygen atoms in total. The average Bonchev–Trinajstić information content (AvgIpc) is 3.03. The second-order valence-corrected chi connectivity index (χ2v) is 10.6. The molecule has 3 heteroatoms. The summed E-state index contributed by atoms with van der Waals surface area (Å²) in [5.41, 5.74) is 1.81. The number of allylic oxidation sites excluding steroid dienone is 1. The molecule has 156 valence electrons. The number of rotatable bonds is 5. The minimum atomic E-state index is 0.152. The van der Waals surface area contributed by atoms with Gasteiger partial charge in [-0.25, -0.2) is 0 Å². The Bertz CT molecular complexity index is 679. The van der Waals surface area contributed by atoms with Crippen LogP contribution in [0.25, 0.3) is 0 Å². The van der Waals surface area contributed by atoms with Crippen molar-refractivity contribution < 1.29 is 14.3 Å². The predicted molar refractivity (Wildman–Crippen MR) is 111 cm³/mol. The van der Waals surface area contributed by atoms with Crippen molar-refractivity contribution in [3.05, 3.63) is 11.6 Å². The van der Waals surface area contributed by atoms with Gasteiger partial charge in [-0.05, 0) is 93.0 Å². The fraction of sp³-hybridized carbons (Fsp3) is 0.840. The lowest BCUT2D eigenvalue weighted by molar-refractivity contribution is -0.136. The van der Waals surface area contributed by atoms with Gasteiger partial charge >= 0.3 is 0 Å². The number of hydrogen-bond acceptors (Lipinski definition) is 3. The van der Waals surface area contributed by atoms with Crippen LogP contribution in [0.2, 0.25) is 0 Å². The predicted octanol–water partition coefficient (Wildman–Crippen LogP) is 5.52. The third-order valence-electron chi connectivity index (χ3n) is 9.44. The van der Waals surface area contributed by atoms with E-state index < -0.39 is 0 Å². The van der Waals surface area contributed by atoms with Gasteiger partial charge in [0.2, 0.25) is 0 Å². The molecular formula is C25H38O3. The number of Topliss-reactive ketones (excluding diaryl/α,β-unsaturated/α-hetero) is 1. The topological polar surface area (TPSA) is 43.4 Å². The molecule has 28 heavy (non-hydrogen) atoms. The second kappa shape index (κ2) is 7.38. The van der Waals surface area contributed by atoms with Crippen LogP contribution in [0.3, 0.4) is 0 Å². The van der Waals surface area contributed by atoms with E-state index in [1.54, 1.807) is 0 Å². The first kappa shape index (κ1) is 20.3. The van der Waals surface area contributed by atoms with Crippen molar-refractivity contribution >= 4 is 11.6 Å². The van der Waals surface area contributed by atoms with Crippen LogP contribution in [-0.2, 0) is 14.3 Å². The lowest BCUT2D eigenvalue weighted by Gasteiger charge is -2.58. The van der Waals surface area contributed by atoms with Crippen LogP contribution in [0.1, 0.15) is 85.5 Å². The van der Waals surface area contributed by atoms with Crippen molar-refractivity contribution in [1.82, 2.24) is 0 Å². The Labute approximate surface area is 170 Å². The lowest BCUT2D eigenvalue weighted by atomic mass is 9.46. The molecule has 0 radical (unpaired) electrons. The fourth-order valence-corrected chi connectivity index (χ4v) is 7.53. The smallest absolute Gasteiger partial charge is 0.162 e. The maximum atomic E-state index is 13.0. The number of fused-ring (bicyclic) bond motifs is 5. The third kappa shape index (κ3) is 3.13. The highest BCUT2D eigenvalue weighted by molar-refractivity contribution is 5.91. The van der Waals surface area contributed by atoms with Gasteiger partial charge in [-0.2, -0.15) is 0 Å². The molecule has 0 saturated heterocycles. The number of ether oxygens (including phenoxy) is 1. The summed E-state index contributed by atoms with van der Waals surface area (Å²) in [6.45, 7) is 9.30. The summed E-state index contributed by atoms with van der Waals surface area (Å²) >= 11 is 0. The normalized spacial score (nSPS) is 43.6. The van der Waals surface area contributed by atoms with E-state index in [0.29, 0.717) is 30.0 Å². The van der Waals surface area contributed by atoms with Crippen LogP contribution < -0.4 is 0 Å². The lowest BCUT2D eigenvalue weighted by Crippen LogP contribution is -2.51. The van der Waals surface area contributed by atoms with Crippen molar-refractivity contribution in [2.24, 2.45) is 34.5 Å². The van der Waals surface area contributed by atoms with Gasteiger partial charge in [0.05, 0.1) is 6.10 Å². The summed E-state index contributed by atoms with van der Waals surface area (Å²) in [7, 11) is 0. The van der Waals surface area contributed by atoms with Gasteiger partial charge in [0.15, 0.2) is 11.6 Å². The van der Waals surface area contributed by atoms with Gasteiger partial charge in [0, 0.05) is 12.3 Å². The van der Waals surface area contributed by atoms with Gasteiger partial charge < -0.3 is 4.74 Å². The number of ketones is 2. The summed E-state index contributed by atoms with van der Waals surface area (Å²) in [5.74, 6) is 2.94. The molecule has 0 aromatic carbocycles. The van der Waals surface area contributed by atoms with E-state index in [4.69, 9.17) is 4.74 Å². The quantitative estimate of drug-likeness (QED) is 0.625. The molecule has 7 atom stereocenters. The molecule has 0 amide bonds. The first-order valence-corrected chi connectivity index (χ1v) is 11.7. The molecule has 3 fully saturated rings. The van der Waals surface area contributed by atoms with Crippen molar-refractivity contribution in [2.75, 3.05) is 6.61 Å². The second-order valence-electron chi connectivity index (χ2n) is 10.6. The molecule has 4 aliphatic rings. The third-order valence-corrected chi connectivity index (χ3v) is 9.44. The summed E-state index contributed by atoms with van der Waals surface area (Å²) in [5, 5.41) is 0. The summed E-state index contributed by atoms with van der Waals surface area (Å²) in [6.07, 6.45) is 11.8. The molecule has 4 aliphatic carbocycles. The van der Waals surface area contributed by atoms with Gasteiger partial charge in [0.1, 0.15) is 6.61 Å². The highest BCUT2D eigenvalue weighted by atomic mass is 16.5. The highest BCUT2D eigenvalue weighted by Crippen LogP contribution is 2.66. The Hall–Kier alpha value is -0.960. The zero-order valence-corrected chi connectivity index (χ0v) is 18.3. The van der Waals surface area contributed by atoms with E-state index in [2.05, 4.69) is 27.7 Å². The van der Waals surface area contributed by atoms with Crippen molar-refractivity contribution in [1.29, 1.82) is 0 Å². The standard InChI is InChI=1S/C25H38O3/c1-5-16(2)28-15-23(27)22-9-8-20-19-7-6-17-14-18(26)10-12-24(17,3)21(19)11-13-25(20,22)4/h14,16,19-22H,5-13,15H2,1-4H3/t16?,19-,20-,21?,22+,24-,25-/m0/s1. The molecule has 4 rings (SSSR count). The number of carbonyl (C=O) groups is 2. The number of hydrogen-bond donors (Lipinski definition) is 0. The van der Waals surface area contributed by atoms with E-state index in [-0.39, 0.29) is 22.9 Å². The van der Waals surface area contributed by atoms with Crippen molar-refractivity contribution in [3.63, 3.8) is 0 Å². The maximum absolute atomic E-state index is 13.0. The van der Waals surface area contributed by atoms with E-state index in [1.165, 1.54) is 24.8 Å². The first-order chi connectivity index (χ1) is 13.3. The highest BCUT2D eigenvalue weighted by Gasteiger charge is 2.60. The van der Waals surface area contributed by atoms with Crippen LogP contribution >= 0.6 is 0 Å². The Morgan fingerprint density at radius 1 is 1.14 bits per heavy atom. The van der Waals surface area contributed by atoms with E-state index in [0.717, 1.165) is 44.4 Å². The Morgan fingerprint density at radius 3 is 2.68 bits per heavy atom. The minimum Gasteiger partial charge on any atom is -0.371 e. The monoisotopic (exact) mass is 386 g/mol. The molecule has 0 aliphatic heterocycles. The summed E-state index contributed by atoms with van der Waals surface area (Å²) < 4.78 is 5.80. The Morgan fingerprint density at radius 2 is 1.93 bits per heavy atom. The first-order valence-electron chi connectivity index (χ1n) is 11.7. The van der Waals surface area contributed by atoms with Gasteiger partial charge in [-0.3, -0.25) is 9.59 Å². The van der Waals surface area contributed by atoms with Gasteiger partial charge in [-0.15, -0.1) is 0 Å². The molecule has 0 bridgehead atoms. The molecule has 3 saturated carbocycles.